The Kier molecular flexibility index (Phi) is 4.63. The standard InChI is InChI=1S/C17H17N5S/c1-13-19-10-11-22(13)16-4-2-14(3-5-16)12-20-17(23)21-15-6-8-18-9-7-15/h2-11H,12H2,1H3,(H2,18,20,21,23). The highest BCUT2D eigenvalue weighted by Crippen LogP contribution is 2.11. The molecule has 0 aliphatic heterocycles. The molecule has 23 heavy (non-hydrogen) atoms. The van der Waals surface area contributed by atoms with Gasteiger partial charge in [-0.25, -0.2) is 4.98 Å². The maximum absolute atomic E-state index is 5.29. The van der Waals surface area contributed by atoms with E-state index in [4.69, 9.17) is 12.2 Å². The Hall–Kier alpha value is -2.73. The first-order chi connectivity index (χ1) is 11.2. The van der Waals surface area contributed by atoms with Crippen LogP contribution in [-0.4, -0.2) is 19.6 Å². The van der Waals surface area contributed by atoms with Crippen LogP contribution in [0, 0.1) is 6.92 Å². The number of imidazole rings is 1. The third kappa shape index (κ3) is 3.92. The van der Waals surface area contributed by atoms with Crippen LogP contribution >= 0.6 is 12.2 Å². The molecule has 116 valence electrons. The van der Waals surface area contributed by atoms with E-state index >= 15 is 0 Å². The monoisotopic (exact) mass is 323 g/mol. The zero-order valence-electron chi connectivity index (χ0n) is 12.7. The van der Waals surface area contributed by atoms with Crippen molar-refractivity contribution >= 4 is 23.0 Å². The molecule has 0 aliphatic carbocycles. The van der Waals surface area contributed by atoms with Crippen LogP contribution < -0.4 is 10.6 Å². The Morgan fingerprint density at radius 3 is 2.48 bits per heavy atom. The zero-order valence-corrected chi connectivity index (χ0v) is 13.5. The van der Waals surface area contributed by atoms with E-state index in [0.29, 0.717) is 11.7 Å². The lowest BCUT2D eigenvalue weighted by Gasteiger charge is -2.11. The minimum atomic E-state index is 0.589. The van der Waals surface area contributed by atoms with E-state index in [0.717, 1.165) is 22.8 Å². The van der Waals surface area contributed by atoms with Crippen LogP contribution in [0.3, 0.4) is 0 Å². The summed E-state index contributed by atoms with van der Waals surface area (Å²) in [4.78, 5) is 8.21. The summed E-state index contributed by atoms with van der Waals surface area (Å²) in [5.41, 5.74) is 3.18. The highest BCUT2D eigenvalue weighted by Gasteiger charge is 2.01. The van der Waals surface area contributed by atoms with Crippen LogP contribution in [0.15, 0.2) is 61.2 Å². The van der Waals surface area contributed by atoms with Crippen LogP contribution in [0.1, 0.15) is 11.4 Å². The Morgan fingerprint density at radius 2 is 1.83 bits per heavy atom. The van der Waals surface area contributed by atoms with Crippen LogP contribution in [-0.2, 0) is 6.54 Å². The van der Waals surface area contributed by atoms with Gasteiger partial charge < -0.3 is 15.2 Å². The second-order valence-corrected chi connectivity index (χ2v) is 5.46. The van der Waals surface area contributed by atoms with Crippen molar-refractivity contribution < 1.29 is 0 Å². The average molecular weight is 323 g/mol. The lowest BCUT2D eigenvalue weighted by molar-refractivity contribution is 0.920. The fraction of sp³-hybridized carbons (Fsp3) is 0.118. The molecular weight excluding hydrogens is 306 g/mol. The number of hydrogen-bond donors (Lipinski definition) is 2. The molecule has 3 rings (SSSR count). The Balaban J connectivity index is 1.56. The number of anilines is 1. The summed E-state index contributed by atoms with van der Waals surface area (Å²) in [6.07, 6.45) is 7.20. The number of benzene rings is 1. The largest absolute Gasteiger partial charge is 0.358 e. The molecule has 0 spiro atoms. The van der Waals surface area contributed by atoms with Gasteiger partial charge in [-0.05, 0) is 49.0 Å². The zero-order chi connectivity index (χ0) is 16.1. The first-order valence-electron chi connectivity index (χ1n) is 7.26. The second kappa shape index (κ2) is 7.02. The topological polar surface area (TPSA) is 54.8 Å². The van der Waals surface area contributed by atoms with E-state index in [1.807, 2.05) is 29.8 Å². The highest BCUT2D eigenvalue weighted by atomic mass is 32.1. The molecule has 0 saturated heterocycles. The molecule has 0 radical (unpaired) electrons. The minimum Gasteiger partial charge on any atom is -0.358 e. The Morgan fingerprint density at radius 1 is 1.09 bits per heavy atom. The normalized spacial score (nSPS) is 10.3. The molecule has 2 aromatic heterocycles. The van der Waals surface area contributed by atoms with Crippen molar-refractivity contribution in [3.05, 3.63) is 72.6 Å². The molecule has 0 aliphatic rings. The molecule has 0 fully saturated rings. The number of rotatable bonds is 4. The summed E-state index contributed by atoms with van der Waals surface area (Å²) in [5.74, 6) is 0.971. The van der Waals surface area contributed by atoms with Crippen LogP contribution in [0.4, 0.5) is 5.69 Å². The summed E-state index contributed by atoms with van der Waals surface area (Å²) in [7, 11) is 0. The maximum atomic E-state index is 5.29. The van der Waals surface area contributed by atoms with Crippen molar-refractivity contribution in [2.45, 2.75) is 13.5 Å². The van der Waals surface area contributed by atoms with Crippen molar-refractivity contribution in [2.75, 3.05) is 5.32 Å². The molecule has 3 aromatic rings. The second-order valence-electron chi connectivity index (χ2n) is 5.05. The predicted molar refractivity (Wildman–Crippen MR) is 95.6 cm³/mol. The maximum Gasteiger partial charge on any atom is 0.171 e. The van der Waals surface area contributed by atoms with Crippen LogP contribution in [0.25, 0.3) is 5.69 Å². The fourth-order valence-corrected chi connectivity index (χ4v) is 2.41. The molecule has 1 aromatic carbocycles. The summed E-state index contributed by atoms with van der Waals surface area (Å²) >= 11 is 5.29. The van der Waals surface area contributed by atoms with Crippen LogP contribution in [0.5, 0.6) is 0 Å². The number of aryl methyl sites for hydroxylation is 1. The molecular formula is C17H17N5S. The van der Waals surface area contributed by atoms with Gasteiger partial charge in [-0.2, -0.15) is 0 Å². The van der Waals surface area contributed by atoms with Crippen molar-refractivity contribution in [1.29, 1.82) is 0 Å². The average Bonchev–Trinajstić information content (AvgIpc) is 3.00. The summed E-state index contributed by atoms with van der Waals surface area (Å²) in [5, 5.41) is 6.90. The fourth-order valence-electron chi connectivity index (χ4n) is 2.22. The van der Waals surface area contributed by atoms with E-state index in [9.17, 15) is 0 Å². The molecule has 0 amide bonds. The number of pyridine rings is 1. The minimum absolute atomic E-state index is 0.589. The van der Waals surface area contributed by atoms with Gasteiger partial charge in [0.1, 0.15) is 5.82 Å². The lowest BCUT2D eigenvalue weighted by atomic mass is 10.2. The smallest absolute Gasteiger partial charge is 0.171 e. The number of hydrogen-bond acceptors (Lipinski definition) is 3. The molecule has 0 atom stereocenters. The molecule has 2 N–H and O–H groups in total. The molecule has 6 heteroatoms. The summed E-state index contributed by atoms with van der Waals surface area (Å²) in [6.45, 7) is 2.65. The van der Waals surface area contributed by atoms with Gasteiger partial charge in [0.2, 0.25) is 0 Å². The van der Waals surface area contributed by atoms with Gasteiger partial charge in [0, 0.05) is 42.7 Å². The van der Waals surface area contributed by atoms with E-state index in [1.165, 1.54) is 0 Å². The van der Waals surface area contributed by atoms with Gasteiger partial charge in [0.25, 0.3) is 0 Å². The van der Waals surface area contributed by atoms with Gasteiger partial charge >= 0.3 is 0 Å². The first-order valence-corrected chi connectivity index (χ1v) is 7.67. The summed E-state index contributed by atoms with van der Waals surface area (Å²) in [6, 6.07) is 12.1. The summed E-state index contributed by atoms with van der Waals surface area (Å²) < 4.78 is 2.05. The van der Waals surface area contributed by atoms with Gasteiger partial charge in [0.05, 0.1) is 0 Å². The Labute approximate surface area is 140 Å². The molecule has 0 saturated carbocycles. The Bertz CT molecular complexity index is 780. The third-order valence-corrected chi connectivity index (χ3v) is 3.68. The van der Waals surface area contributed by atoms with Crippen molar-refractivity contribution in [1.82, 2.24) is 19.9 Å². The third-order valence-electron chi connectivity index (χ3n) is 3.43. The van der Waals surface area contributed by atoms with Crippen molar-refractivity contribution in [2.24, 2.45) is 0 Å². The highest BCUT2D eigenvalue weighted by molar-refractivity contribution is 7.80. The van der Waals surface area contributed by atoms with E-state index in [-0.39, 0.29) is 0 Å². The van der Waals surface area contributed by atoms with Gasteiger partial charge in [-0.15, -0.1) is 0 Å². The van der Waals surface area contributed by atoms with E-state index < -0.39 is 0 Å². The SMILES string of the molecule is Cc1nccn1-c1ccc(CNC(=S)Nc2ccncc2)cc1. The lowest BCUT2D eigenvalue weighted by Crippen LogP contribution is -2.27. The number of nitrogens with zero attached hydrogens (tertiary/aromatic N) is 3. The van der Waals surface area contributed by atoms with Crippen molar-refractivity contribution in [3.63, 3.8) is 0 Å². The van der Waals surface area contributed by atoms with Gasteiger partial charge in [-0.1, -0.05) is 12.1 Å². The number of nitrogens with one attached hydrogen (secondary N) is 2. The molecule has 0 unspecified atom stereocenters. The van der Waals surface area contributed by atoms with E-state index in [2.05, 4.69) is 44.9 Å². The molecule has 0 bridgehead atoms. The van der Waals surface area contributed by atoms with Crippen molar-refractivity contribution in [3.8, 4) is 5.69 Å². The van der Waals surface area contributed by atoms with Crippen LogP contribution in [0.2, 0.25) is 0 Å². The number of aromatic nitrogens is 3. The molecule has 2 heterocycles. The quantitative estimate of drug-likeness (QED) is 0.723. The van der Waals surface area contributed by atoms with Gasteiger partial charge in [0.15, 0.2) is 5.11 Å². The van der Waals surface area contributed by atoms with Gasteiger partial charge in [-0.3, -0.25) is 4.98 Å². The first kappa shape index (κ1) is 15.2. The van der Waals surface area contributed by atoms with E-state index in [1.54, 1.807) is 18.6 Å². The predicted octanol–water partition coefficient (Wildman–Crippen LogP) is 3.06. The molecule has 5 nitrogen and oxygen atoms in total. The number of thiocarbonyl (C=S) groups is 1.